The summed E-state index contributed by atoms with van der Waals surface area (Å²) in [5.41, 5.74) is 0.424. The standard InChI is InChI=1S/C23H31N3O4/c1-23(2,3)30-22(28)25-15-18-11-7-8-14-26(18)21(27)13-12-20-24-16-19(29-20)17-9-5-4-6-10-17/h4-6,9-10,16,18H,7-8,11-15H2,1-3H3,(H,25,28). The quantitative estimate of drug-likeness (QED) is 0.768. The molecule has 30 heavy (non-hydrogen) atoms. The van der Waals surface area contributed by atoms with E-state index < -0.39 is 11.7 Å². The highest BCUT2D eigenvalue weighted by atomic mass is 16.6. The summed E-state index contributed by atoms with van der Waals surface area (Å²) in [7, 11) is 0. The van der Waals surface area contributed by atoms with Gasteiger partial charge in [-0.25, -0.2) is 9.78 Å². The first-order valence-electron chi connectivity index (χ1n) is 10.6. The van der Waals surface area contributed by atoms with E-state index in [1.54, 1.807) is 6.20 Å². The number of hydrogen-bond acceptors (Lipinski definition) is 5. The van der Waals surface area contributed by atoms with Crippen LogP contribution in [0.25, 0.3) is 11.3 Å². The number of nitrogens with zero attached hydrogens (tertiary/aromatic N) is 2. The van der Waals surface area contributed by atoms with Crippen molar-refractivity contribution in [2.24, 2.45) is 0 Å². The minimum Gasteiger partial charge on any atom is -0.444 e. The minimum atomic E-state index is -0.541. The lowest BCUT2D eigenvalue weighted by Gasteiger charge is -2.36. The van der Waals surface area contributed by atoms with Crippen LogP contribution in [0.5, 0.6) is 0 Å². The molecule has 1 N–H and O–H groups in total. The molecule has 1 unspecified atom stereocenters. The van der Waals surface area contributed by atoms with Crippen LogP contribution in [0.4, 0.5) is 4.79 Å². The molecule has 0 saturated carbocycles. The van der Waals surface area contributed by atoms with Crippen LogP contribution in [0.15, 0.2) is 40.9 Å². The third kappa shape index (κ3) is 6.34. The first-order valence-corrected chi connectivity index (χ1v) is 10.6. The van der Waals surface area contributed by atoms with E-state index in [9.17, 15) is 9.59 Å². The van der Waals surface area contributed by atoms with Crippen molar-refractivity contribution in [1.82, 2.24) is 15.2 Å². The van der Waals surface area contributed by atoms with Gasteiger partial charge in [-0.1, -0.05) is 30.3 Å². The van der Waals surface area contributed by atoms with Gasteiger partial charge in [-0.05, 0) is 40.0 Å². The Bertz CT molecular complexity index is 842. The van der Waals surface area contributed by atoms with E-state index in [2.05, 4.69) is 10.3 Å². The lowest BCUT2D eigenvalue weighted by atomic mass is 10.0. The Hall–Kier alpha value is -2.83. The van der Waals surface area contributed by atoms with Gasteiger partial charge in [0.25, 0.3) is 0 Å². The van der Waals surface area contributed by atoms with Gasteiger partial charge in [0.05, 0.1) is 6.20 Å². The van der Waals surface area contributed by atoms with Crippen molar-refractivity contribution in [2.45, 2.75) is 64.5 Å². The molecule has 0 radical (unpaired) electrons. The molecule has 0 spiro atoms. The van der Waals surface area contributed by atoms with E-state index in [1.807, 2.05) is 56.0 Å². The molecule has 0 aliphatic carbocycles. The summed E-state index contributed by atoms with van der Waals surface area (Å²) in [6, 6.07) is 9.76. The van der Waals surface area contributed by atoms with Crippen molar-refractivity contribution in [2.75, 3.05) is 13.1 Å². The molecule has 7 nitrogen and oxygen atoms in total. The van der Waals surface area contributed by atoms with E-state index in [4.69, 9.17) is 9.15 Å². The van der Waals surface area contributed by atoms with E-state index in [1.165, 1.54) is 0 Å². The number of nitrogens with one attached hydrogen (secondary N) is 1. The lowest BCUT2D eigenvalue weighted by molar-refractivity contribution is -0.134. The first kappa shape index (κ1) is 21.9. The molecule has 2 aromatic rings. The number of carbonyl (C=O) groups is 2. The summed E-state index contributed by atoms with van der Waals surface area (Å²) in [6.45, 7) is 6.59. The number of piperidine rings is 1. The fraction of sp³-hybridized carbons (Fsp3) is 0.522. The van der Waals surface area contributed by atoms with Gasteiger partial charge in [0.15, 0.2) is 11.7 Å². The second kappa shape index (κ2) is 9.78. The number of rotatable bonds is 6. The Kier molecular flexibility index (Phi) is 7.13. The topological polar surface area (TPSA) is 84.7 Å². The average Bonchev–Trinajstić information content (AvgIpc) is 3.19. The van der Waals surface area contributed by atoms with Crippen molar-refractivity contribution in [3.63, 3.8) is 0 Å². The maximum absolute atomic E-state index is 12.8. The molecule has 1 aromatic heterocycles. The van der Waals surface area contributed by atoms with Gasteiger partial charge in [-0.3, -0.25) is 4.79 Å². The van der Waals surface area contributed by atoms with Crippen LogP contribution < -0.4 is 5.32 Å². The zero-order valence-corrected chi connectivity index (χ0v) is 18.0. The Labute approximate surface area is 177 Å². The minimum absolute atomic E-state index is 0.0109. The van der Waals surface area contributed by atoms with E-state index in [-0.39, 0.29) is 11.9 Å². The number of hydrogen-bond donors (Lipinski definition) is 1. The Morgan fingerprint density at radius 1 is 1.23 bits per heavy atom. The van der Waals surface area contributed by atoms with Gasteiger partial charge in [0, 0.05) is 37.5 Å². The summed E-state index contributed by atoms with van der Waals surface area (Å²) < 4.78 is 11.1. The van der Waals surface area contributed by atoms with Crippen LogP contribution >= 0.6 is 0 Å². The highest BCUT2D eigenvalue weighted by molar-refractivity contribution is 5.77. The number of amides is 2. The highest BCUT2D eigenvalue weighted by Gasteiger charge is 2.27. The fourth-order valence-electron chi connectivity index (χ4n) is 3.58. The number of ether oxygens (including phenoxy) is 1. The molecule has 0 bridgehead atoms. The molecule has 2 amide bonds. The first-order chi connectivity index (χ1) is 14.3. The number of aromatic nitrogens is 1. The molecule has 1 aromatic carbocycles. The van der Waals surface area contributed by atoms with E-state index in [0.29, 0.717) is 37.6 Å². The van der Waals surface area contributed by atoms with Gasteiger partial charge in [-0.2, -0.15) is 0 Å². The average molecular weight is 414 g/mol. The molecular formula is C23H31N3O4. The summed E-state index contributed by atoms with van der Waals surface area (Å²) >= 11 is 0. The van der Waals surface area contributed by atoms with Crippen molar-refractivity contribution in [1.29, 1.82) is 0 Å². The number of aryl methyl sites for hydroxylation is 1. The molecule has 2 heterocycles. The molecule has 1 atom stereocenters. The van der Waals surface area contributed by atoms with Crippen molar-refractivity contribution in [3.8, 4) is 11.3 Å². The number of likely N-dealkylation sites (tertiary alicyclic amines) is 1. The fourth-order valence-corrected chi connectivity index (χ4v) is 3.58. The molecule has 1 aliphatic rings. The predicted octanol–water partition coefficient (Wildman–Crippen LogP) is 4.18. The normalized spacial score (nSPS) is 16.9. The Morgan fingerprint density at radius 2 is 2.00 bits per heavy atom. The van der Waals surface area contributed by atoms with E-state index in [0.717, 1.165) is 24.8 Å². The largest absolute Gasteiger partial charge is 0.444 e. The second-order valence-electron chi connectivity index (χ2n) is 8.60. The number of benzene rings is 1. The summed E-state index contributed by atoms with van der Waals surface area (Å²) in [5, 5.41) is 2.80. The molecule has 7 heteroatoms. The number of carbonyl (C=O) groups excluding carboxylic acids is 2. The van der Waals surface area contributed by atoms with Gasteiger partial charge in [0.1, 0.15) is 5.60 Å². The molecule has 1 fully saturated rings. The van der Waals surface area contributed by atoms with Crippen LogP contribution in [0, 0.1) is 0 Å². The third-order valence-electron chi connectivity index (χ3n) is 4.99. The van der Waals surface area contributed by atoms with Crippen LogP contribution in [0.1, 0.15) is 52.3 Å². The van der Waals surface area contributed by atoms with Crippen molar-refractivity contribution in [3.05, 3.63) is 42.4 Å². The Morgan fingerprint density at radius 3 is 2.73 bits per heavy atom. The molecular weight excluding hydrogens is 382 g/mol. The van der Waals surface area contributed by atoms with Crippen LogP contribution in [0.2, 0.25) is 0 Å². The van der Waals surface area contributed by atoms with Crippen LogP contribution in [0.3, 0.4) is 0 Å². The lowest BCUT2D eigenvalue weighted by Crippen LogP contribution is -2.50. The van der Waals surface area contributed by atoms with Gasteiger partial charge in [-0.15, -0.1) is 0 Å². The summed E-state index contributed by atoms with van der Waals surface area (Å²) in [6.07, 6.45) is 4.93. The zero-order chi connectivity index (χ0) is 21.6. The van der Waals surface area contributed by atoms with Crippen molar-refractivity contribution < 1.29 is 18.7 Å². The summed E-state index contributed by atoms with van der Waals surface area (Å²) in [5.74, 6) is 1.32. The van der Waals surface area contributed by atoms with Gasteiger partial charge >= 0.3 is 6.09 Å². The van der Waals surface area contributed by atoms with Gasteiger partial charge < -0.3 is 19.4 Å². The maximum Gasteiger partial charge on any atom is 0.407 e. The number of alkyl carbamates (subject to hydrolysis) is 1. The molecule has 1 saturated heterocycles. The Balaban J connectivity index is 1.52. The number of oxazole rings is 1. The molecule has 3 rings (SSSR count). The van der Waals surface area contributed by atoms with Crippen LogP contribution in [-0.2, 0) is 16.0 Å². The van der Waals surface area contributed by atoms with Crippen LogP contribution in [-0.4, -0.2) is 46.6 Å². The van der Waals surface area contributed by atoms with Crippen molar-refractivity contribution >= 4 is 12.0 Å². The monoisotopic (exact) mass is 413 g/mol. The maximum atomic E-state index is 12.8. The highest BCUT2D eigenvalue weighted by Crippen LogP contribution is 2.22. The summed E-state index contributed by atoms with van der Waals surface area (Å²) in [4.78, 5) is 31.0. The molecule has 162 valence electrons. The zero-order valence-electron chi connectivity index (χ0n) is 18.0. The smallest absolute Gasteiger partial charge is 0.407 e. The van der Waals surface area contributed by atoms with Gasteiger partial charge in [0.2, 0.25) is 5.91 Å². The SMILES string of the molecule is CC(C)(C)OC(=O)NCC1CCCCN1C(=O)CCc1ncc(-c2ccccc2)o1. The predicted molar refractivity (Wildman–Crippen MR) is 114 cm³/mol. The van der Waals surface area contributed by atoms with E-state index >= 15 is 0 Å². The third-order valence-corrected chi connectivity index (χ3v) is 4.99. The second-order valence-corrected chi connectivity index (χ2v) is 8.60. The molecule has 1 aliphatic heterocycles.